The summed E-state index contributed by atoms with van der Waals surface area (Å²) in [4.78, 5) is 16.8. The maximum Gasteiger partial charge on any atom is 0.359 e. The Bertz CT molecular complexity index is 807. The number of nitrogens with zero attached hydrogens (tertiary/aromatic N) is 2. The van der Waals surface area contributed by atoms with Crippen LogP contribution in [0.1, 0.15) is 24.0 Å². The third kappa shape index (κ3) is 4.84. The van der Waals surface area contributed by atoms with Crippen LogP contribution in [0.15, 0.2) is 23.4 Å². The van der Waals surface area contributed by atoms with Gasteiger partial charge in [0.2, 0.25) is 11.2 Å². The van der Waals surface area contributed by atoms with E-state index in [4.69, 9.17) is 32.7 Å². The molecule has 0 aliphatic rings. The molecule has 0 radical (unpaired) electrons. The maximum atomic E-state index is 12.6. The molecule has 0 spiro atoms. The molecule has 2 rings (SSSR count). The van der Waals surface area contributed by atoms with Crippen LogP contribution in [-0.4, -0.2) is 28.0 Å². The average molecular weight is 403 g/mol. The molecule has 1 heterocycles. The first-order valence-electron chi connectivity index (χ1n) is 7.34. The van der Waals surface area contributed by atoms with Crippen LogP contribution in [-0.2, 0) is 4.79 Å². The van der Waals surface area contributed by atoms with Crippen molar-refractivity contribution in [3.05, 3.63) is 38.9 Å². The molecule has 2 aromatic rings. The maximum absolute atomic E-state index is 12.6. The van der Waals surface area contributed by atoms with Gasteiger partial charge >= 0.3 is 5.97 Å². The number of aromatic nitrogens is 1. The summed E-state index contributed by atoms with van der Waals surface area (Å²) in [5.41, 5.74) is 0.702. The van der Waals surface area contributed by atoms with Gasteiger partial charge in [0.15, 0.2) is 0 Å². The van der Waals surface area contributed by atoms with Crippen LogP contribution in [0.5, 0.6) is 10.8 Å². The molecule has 1 atom stereocenters. The van der Waals surface area contributed by atoms with Crippen molar-refractivity contribution >= 4 is 46.2 Å². The van der Waals surface area contributed by atoms with E-state index < -0.39 is 12.1 Å². The van der Waals surface area contributed by atoms with E-state index in [1.54, 1.807) is 19.9 Å². The second kappa shape index (κ2) is 8.51. The molecular weight excluding hydrogens is 387 g/mol. The molecule has 134 valence electrons. The highest BCUT2D eigenvalue weighted by atomic mass is 35.5. The molecule has 9 heteroatoms. The predicted octanol–water partition coefficient (Wildman–Crippen LogP) is 4.66. The van der Waals surface area contributed by atoms with Crippen LogP contribution in [0.4, 0.5) is 0 Å². The highest BCUT2D eigenvalue weighted by Gasteiger charge is 2.30. The number of rotatable bonds is 6. The number of hydrogen-bond acceptors (Lipinski definition) is 7. The van der Waals surface area contributed by atoms with E-state index in [0.29, 0.717) is 15.8 Å². The molecule has 1 aromatic heterocycles. The Morgan fingerprint density at radius 2 is 2.12 bits per heavy atom. The zero-order chi connectivity index (χ0) is 18.6. The average Bonchev–Trinajstić information content (AvgIpc) is 2.86. The number of carbonyl (C=O) groups is 1. The van der Waals surface area contributed by atoms with E-state index >= 15 is 0 Å². The van der Waals surface area contributed by atoms with E-state index in [9.17, 15) is 10.0 Å². The second-order valence-electron chi connectivity index (χ2n) is 5.04. The van der Waals surface area contributed by atoms with Crippen LogP contribution in [0, 0.1) is 13.8 Å². The summed E-state index contributed by atoms with van der Waals surface area (Å²) >= 11 is 13.2. The lowest BCUT2D eigenvalue weighted by Gasteiger charge is -2.18. The third-order valence-corrected chi connectivity index (χ3v) is 4.68. The van der Waals surface area contributed by atoms with Gasteiger partial charge in [-0.1, -0.05) is 46.6 Å². The number of hydrogen-bond donors (Lipinski definition) is 1. The summed E-state index contributed by atoms with van der Waals surface area (Å²) in [6.07, 6.45) is -0.974. The Morgan fingerprint density at radius 3 is 2.64 bits per heavy atom. The van der Waals surface area contributed by atoms with Gasteiger partial charge in [0.1, 0.15) is 11.5 Å². The minimum absolute atomic E-state index is 0.106. The van der Waals surface area contributed by atoms with Crippen molar-refractivity contribution in [3.63, 3.8) is 0 Å². The van der Waals surface area contributed by atoms with Crippen LogP contribution >= 0.6 is 34.5 Å². The van der Waals surface area contributed by atoms with Crippen LogP contribution in [0.3, 0.4) is 0 Å². The van der Waals surface area contributed by atoms with Crippen molar-refractivity contribution < 1.29 is 19.5 Å². The Hall–Kier alpha value is -1.83. The van der Waals surface area contributed by atoms with Crippen molar-refractivity contribution in [2.45, 2.75) is 33.3 Å². The first kappa shape index (κ1) is 19.5. The van der Waals surface area contributed by atoms with E-state index in [0.717, 1.165) is 5.01 Å². The van der Waals surface area contributed by atoms with Crippen molar-refractivity contribution in [2.24, 2.45) is 5.16 Å². The van der Waals surface area contributed by atoms with Crippen molar-refractivity contribution in [1.82, 2.24) is 4.98 Å². The molecule has 0 saturated carbocycles. The molecule has 0 fully saturated rings. The van der Waals surface area contributed by atoms with Gasteiger partial charge in [-0.2, -0.15) is 0 Å². The standard InChI is InChI=1S/C16H16Cl2N2O4S/c1-4-12(20-22)14(23-13-6-5-10(17)7-11(13)18)15(21)24-16-8(2)19-9(3)25-16/h5-7,14,22H,4H2,1-3H3. The lowest BCUT2D eigenvalue weighted by atomic mass is 10.1. The molecule has 1 aromatic carbocycles. The van der Waals surface area contributed by atoms with Gasteiger partial charge in [-0.25, -0.2) is 9.78 Å². The minimum Gasteiger partial charge on any atom is -0.471 e. The first-order chi connectivity index (χ1) is 11.8. The van der Waals surface area contributed by atoms with Crippen molar-refractivity contribution in [1.29, 1.82) is 0 Å². The molecule has 0 bridgehead atoms. The molecule has 25 heavy (non-hydrogen) atoms. The first-order valence-corrected chi connectivity index (χ1v) is 8.91. The fourth-order valence-electron chi connectivity index (χ4n) is 2.01. The quantitative estimate of drug-likeness (QED) is 0.328. The van der Waals surface area contributed by atoms with Crippen LogP contribution in [0.25, 0.3) is 0 Å². The summed E-state index contributed by atoms with van der Waals surface area (Å²) in [7, 11) is 0. The Balaban J connectivity index is 2.29. The predicted molar refractivity (Wildman–Crippen MR) is 97.6 cm³/mol. The number of aryl methyl sites for hydroxylation is 2. The topological polar surface area (TPSA) is 81.0 Å². The van der Waals surface area contributed by atoms with Crippen LogP contribution in [0.2, 0.25) is 10.0 Å². The van der Waals surface area contributed by atoms with Gasteiger partial charge in [0.25, 0.3) is 0 Å². The Morgan fingerprint density at radius 1 is 1.40 bits per heavy atom. The third-order valence-electron chi connectivity index (χ3n) is 3.20. The lowest BCUT2D eigenvalue weighted by molar-refractivity contribution is -0.139. The lowest BCUT2D eigenvalue weighted by Crippen LogP contribution is -2.38. The molecule has 0 aliphatic heterocycles. The van der Waals surface area contributed by atoms with E-state index in [1.165, 1.54) is 23.5 Å². The summed E-state index contributed by atoms with van der Waals surface area (Å²) in [5.74, 6) is -0.507. The summed E-state index contributed by atoms with van der Waals surface area (Å²) < 4.78 is 11.0. The highest BCUT2D eigenvalue weighted by Crippen LogP contribution is 2.30. The monoisotopic (exact) mass is 402 g/mol. The number of benzene rings is 1. The summed E-state index contributed by atoms with van der Waals surface area (Å²) in [6.45, 7) is 5.27. The molecule has 6 nitrogen and oxygen atoms in total. The SMILES string of the molecule is CCC(=NO)C(Oc1ccc(Cl)cc1Cl)C(=O)Oc1sc(C)nc1C. The highest BCUT2D eigenvalue weighted by molar-refractivity contribution is 7.13. The molecule has 0 aliphatic carbocycles. The molecule has 0 saturated heterocycles. The van der Waals surface area contributed by atoms with Gasteiger partial charge in [0, 0.05) is 5.02 Å². The number of ether oxygens (including phenoxy) is 2. The molecule has 1 N–H and O–H groups in total. The number of halogens is 2. The van der Waals surface area contributed by atoms with Gasteiger partial charge < -0.3 is 14.7 Å². The van der Waals surface area contributed by atoms with Gasteiger partial charge in [0.05, 0.1) is 15.7 Å². The zero-order valence-electron chi connectivity index (χ0n) is 13.7. The molecule has 1 unspecified atom stereocenters. The normalized spacial score (nSPS) is 12.8. The Labute approximate surface area is 159 Å². The number of carbonyl (C=O) groups excluding carboxylic acids is 1. The van der Waals surface area contributed by atoms with Gasteiger partial charge in [-0.05, 0) is 38.5 Å². The van der Waals surface area contributed by atoms with Gasteiger partial charge in [-0.3, -0.25) is 0 Å². The zero-order valence-corrected chi connectivity index (χ0v) is 16.1. The van der Waals surface area contributed by atoms with E-state index in [1.807, 2.05) is 6.92 Å². The molecular formula is C16H16Cl2N2O4S. The van der Waals surface area contributed by atoms with Crippen LogP contribution < -0.4 is 9.47 Å². The van der Waals surface area contributed by atoms with Gasteiger partial charge in [-0.15, -0.1) is 0 Å². The van der Waals surface area contributed by atoms with E-state index in [2.05, 4.69) is 10.1 Å². The summed E-state index contributed by atoms with van der Waals surface area (Å²) in [6, 6.07) is 4.58. The molecule has 0 amide bonds. The largest absolute Gasteiger partial charge is 0.471 e. The fourth-order valence-corrected chi connectivity index (χ4v) is 3.23. The second-order valence-corrected chi connectivity index (χ2v) is 7.05. The number of oxime groups is 1. The Kier molecular flexibility index (Phi) is 6.64. The smallest absolute Gasteiger partial charge is 0.359 e. The summed E-state index contributed by atoms with van der Waals surface area (Å²) in [5, 5.41) is 14.1. The van der Waals surface area contributed by atoms with E-state index in [-0.39, 0.29) is 22.9 Å². The van der Waals surface area contributed by atoms with Crippen molar-refractivity contribution in [2.75, 3.05) is 0 Å². The number of thiazole rings is 1. The van der Waals surface area contributed by atoms with Crippen molar-refractivity contribution in [3.8, 4) is 10.8 Å². The fraction of sp³-hybridized carbons (Fsp3) is 0.312. The minimum atomic E-state index is -1.25. The number of esters is 1.